The Kier molecular flexibility index (Phi) is 11.8. The maximum Gasteiger partial charge on any atom is 0.309 e. The van der Waals surface area contributed by atoms with Gasteiger partial charge in [0.05, 0.1) is 12.0 Å². The van der Waals surface area contributed by atoms with Crippen molar-refractivity contribution in [2.45, 2.75) is 77.0 Å². The van der Waals surface area contributed by atoms with Crippen molar-refractivity contribution < 1.29 is 24.0 Å². The normalized spacial score (nSPS) is 20.7. The third kappa shape index (κ3) is 7.91. The van der Waals surface area contributed by atoms with Crippen LogP contribution in [0, 0.1) is 13.8 Å². The Hall–Kier alpha value is -6.79. The molecule has 2 heterocycles. The lowest BCUT2D eigenvalue weighted by atomic mass is 9.72. The van der Waals surface area contributed by atoms with Crippen LogP contribution in [0.15, 0.2) is 169 Å². The van der Waals surface area contributed by atoms with Crippen LogP contribution in [-0.4, -0.2) is 47.5 Å². The Morgan fingerprint density at radius 3 is 2.03 bits per heavy atom. The zero-order valence-electron chi connectivity index (χ0n) is 37.4. The van der Waals surface area contributed by atoms with Crippen LogP contribution < -0.4 is 4.90 Å². The second kappa shape index (κ2) is 17.8. The summed E-state index contributed by atoms with van der Waals surface area (Å²) in [6, 6.07) is 43.4. The predicted octanol–water partition coefficient (Wildman–Crippen LogP) is 12.4. The highest BCUT2D eigenvalue weighted by atomic mass is 16.5. The number of rotatable bonds is 14. The van der Waals surface area contributed by atoms with Gasteiger partial charge in [-0.05, 0) is 139 Å². The van der Waals surface area contributed by atoms with Crippen LogP contribution in [0.5, 0.6) is 0 Å². The topological polar surface area (TPSA) is 69.8 Å². The Labute approximate surface area is 377 Å². The molecule has 0 spiro atoms. The van der Waals surface area contributed by atoms with Gasteiger partial charge in [0.1, 0.15) is 13.0 Å². The number of hydrogen-bond donors (Lipinski definition) is 1. The zero-order chi connectivity index (χ0) is 44.4. The number of ether oxygens (including phenoxy) is 1. The highest BCUT2D eigenvalue weighted by Gasteiger charge is 2.49. The van der Waals surface area contributed by atoms with Crippen LogP contribution in [0.1, 0.15) is 72.9 Å². The average Bonchev–Trinajstić information content (AvgIpc) is 3.68. The van der Waals surface area contributed by atoms with Gasteiger partial charge in [0, 0.05) is 34.5 Å². The van der Waals surface area contributed by atoms with Crippen LogP contribution in [-0.2, 0) is 38.0 Å². The molecule has 0 fully saturated rings. The molecule has 0 saturated heterocycles. The molecule has 6 nitrogen and oxygen atoms in total. The van der Waals surface area contributed by atoms with Gasteiger partial charge in [0.15, 0.2) is 12.3 Å². The van der Waals surface area contributed by atoms with Crippen LogP contribution in [0.3, 0.4) is 0 Å². The molecule has 3 aliphatic rings. The molecule has 322 valence electrons. The minimum Gasteiger partial charge on any atom is -0.481 e. The molecular formula is C58H57N2O4+. The fourth-order valence-corrected chi connectivity index (χ4v) is 10.9. The van der Waals surface area contributed by atoms with Gasteiger partial charge < -0.3 is 14.7 Å². The first-order chi connectivity index (χ1) is 31.1. The molecular weight excluding hydrogens is 789 g/mol. The zero-order valence-corrected chi connectivity index (χ0v) is 37.4. The molecule has 1 N–H and O–H groups in total. The second-order valence-corrected chi connectivity index (χ2v) is 18.2. The summed E-state index contributed by atoms with van der Waals surface area (Å²) in [6.45, 7) is 10.9. The standard InChI is InChI=1S/C58H56N2O4/c1-40-14-5-7-20-46(40)37-57(3)52(59(33-32-54(62)63)50-28-26-44-18-9-11-22-48(44)55(50)57)30-24-42-16-13-17-43(36-42)25-31-53-58(4,38-47-21-8-6-15-41(47)2)56-49-23-12-10-19-45(49)27-29-51(56)60(53)34-35-64-39-61/h5-12,14-15,18-31,36,39H,13,16-17,32-35,37-38H2,1-4H3/p+1. The van der Waals surface area contributed by atoms with E-state index >= 15 is 0 Å². The molecule has 1 aliphatic carbocycles. The monoisotopic (exact) mass is 845 g/mol. The van der Waals surface area contributed by atoms with E-state index in [0.29, 0.717) is 19.6 Å². The van der Waals surface area contributed by atoms with Crippen LogP contribution in [0.4, 0.5) is 11.4 Å². The SMILES string of the molecule is Cc1ccccc1CC1(C)C(/C=C/C2=CC(=C/C=C3\N(CCOC=O)c4ccc5ccccc5c4C3(C)Cc3ccccc3C)/CCC2)=[N+](CCC(=O)O)c2ccc3ccccc3c21. The molecule has 6 heteroatoms. The number of carboxylic acids is 1. The summed E-state index contributed by atoms with van der Waals surface area (Å²) >= 11 is 0. The van der Waals surface area contributed by atoms with Gasteiger partial charge in [-0.25, -0.2) is 0 Å². The lowest BCUT2D eigenvalue weighted by molar-refractivity contribution is -0.436. The van der Waals surface area contributed by atoms with E-state index in [0.717, 1.165) is 49.2 Å². The molecule has 0 bridgehead atoms. The number of aryl methyl sites for hydroxylation is 2. The van der Waals surface area contributed by atoms with Crippen molar-refractivity contribution in [2.75, 3.05) is 24.6 Å². The number of carboxylic acid groups (broad SMARTS) is 1. The molecule has 2 aliphatic heterocycles. The van der Waals surface area contributed by atoms with Crippen LogP contribution in [0.2, 0.25) is 0 Å². The average molecular weight is 846 g/mol. The summed E-state index contributed by atoms with van der Waals surface area (Å²) in [5.74, 6) is -0.805. The largest absolute Gasteiger partial charge is 0.481 e. The molecule has 2 unspecified atom stereocenters. The summed E-state index contributed by atoms with van der Waals surface area (Å²) in [5.41, 5.74) is 13.9. The number of hydrogen-bond acceptors (Lipinski definition) is 4. The minimum absolute atomic E-state index is 0.0367. The van der Waals surface area contributed by atoms with Gasteiger partial charge in [-0.1, -0.05) is 121 Å². The van der Waals surface area contributed by atoms with E-state index in [2.05, 4.69) is 189 Å². The highest BCUT2D eigenvalue weighted by Crippen LogP contribution is 2.53. The Bertz CT molecular complexity index is 2970. The van der Waals surface area contributed by atoms with Gasteiger partial charge >= 0.3 is 5.97 Å². The van der Waals surface area contributed by atoms with Crippen LogP contribution >= 0.6 is 0 Å². The lowest BCUT2D eigenvalue weighted by Crippen LogP contribution is -2.34. The first-order valence-electron chi connectivity index (χ1n) is 22.7. The summed E-state index contributed by atoms with van der Waals surface area (Å²) < 4.78 is 7.62. The first-order valence-corrected chi connectivity index (χ1v) is 22.7. The van der Waals surface area contributed by atoms with Gasteiger partial charge in [0.2, 0.25) is 5.69 Å². The van der Waals surface area contributed by atoms with Crippen molar-refractivity contribution in [3.8, 4) is 0 Å². The number of fused-ring (bicyclic) bond motifs is 6. The fraction of sp³-hybridized carbons (Fsp3) is 0.259. The molecule has 6 aromatic rings. The van der Waals surface area contributed by atoms with Gasteiger partial charge in [-0.3, -0.25) is 9.59 Å². The van der Waals surface area contributed by atoms with E-state index in [-0.39, 0.29) is 18.4 Å². The predicted molar refractivity (Wildman–Crippen MR) is 261 cm³/mol. The van der Waals surface area contributed by atoms with Gasteiger partial charge in [-0.15, -0.1) is 0 Å². The van der Waals surface area contributed by atoms with Gasteiger partial charge in [-0.2, -0.15) is 4.58 Å². The molecule has 9 rings (SSSR count). The quantitative estimate of drug-likeness (QED) is 0.0672. The van der Waals surface area contributed by atoms with Crippen molar-refractivity contribution in [2.24, 2.45) is 0 Å². The molecule has 64 heavy (non-hydrogen) atoms. The van der Waals surface area contributed by atoms with Crippen LogP contribution in [0.25, 0.3) is 21.5 Å². The Morgan fingerprint density at radius 1 is 0.734 bits per heavy atom. The smallest absolute Gasteiger partial charge is 0.309 e. The van der Waals surface area contributed by atoms with E-state index in [1.54, 1.807) is 0 Å². The van der Waals surface area contributed by atoms with Crippen molar-refractivity contribution in [3.63, 3.8) is 0 Å². The summed E-state index contributed by atoms with van der Waals surface area (Å²) in [7, 11) is 0. The summed E-state index contributed by atoms with van der Waals surface area (Å²) in [4.78, 5) is 25.9. The fourth-order valence-electron chi connectivity index (χ4n) is 10.9. The maximum atomic E-state index is 12.1. The van der Waals surface area contributed by atoms with Crippen molar-refractivity contribution in [1.29, 1.82) is 0 Å². The third-order valence-corrected chi connectivity index (χ3v) is 14.1. The van der Waals surface area contributed by atoms with Crippen molar-refractivity contribution in [3.05, 3.63) is 202 Å². The number of anilines is 1. The summed E-state index contributed by atoms with van der Waals surface area (Å²) in [6.07, 6.45) is 16.1. The molecule has 0 aromatic heterocycles. The Balaban J connectivity index is 1.14. The molecule has 0 amide bonds. The van der Waals surface area contributed by atoms with E-state index in [1.807, 2.05) is 0 Å². The van der Waals surface area contributed by atoms with E-state index < -0.39 is 11.4 Å². The third-order valence-electron chi connectivity index (χ3n) is 14.1. The number of carbonyl (C=O) groups is 2. The van der Waals surface area contributed by atoms with Crippen molar-refractivity contribution >= 4 is 51.1 Å². The van der Waals surface area contributed by atoms with E-state index in [9.17, 15) is 14.7 Å². The number of nitrogens with zero attached hydrogens (tertiary/aromatic N) is 2. The number of aliphatic carboxylic acids is 1. The minimum atomic E-state index is -0.805. The summed E-state index contributed by atoms with van der Waals surface area (Å²) in [5, 5.41) is 14.8. The highest BCUT2D eigenvalue weighted by molar-refractivity contribution is 6.08. The molecule has 0 saturated carbocycles. The van der Waals surface area contributed by atoms with E-state index in [1.165, 1.54) is 71.8 Å². The van der Waals surface area contributed by atoms with Crippen molar-refractivity contribution in [1.82, 2.24) is 0 Å². The number of carbonyl (C=O) groups excluding carboxylic acids is 1. The molecule has 0 radical (unpaired) electrons. The lowest BCUT2D eigenvalue weighted by Gasteiger charge is -2.31. The number of benzene rings is 6. The maximum absolute atomic E-state index is 12.1. The molecule has 6 aromatic carbocycles. The first kappa shape index (κ1) is 42.5. The Morgan fingerprint density at radius 2 is 1.36 bits per heavy atom. The number of allylic oxidation sites excluding steroid dienone is 8. The van der Waals surface area contributed by atoms with E-state index in [4.69, 9.17) is 4.74 Å². The second-order valence-electron chi connectivity index (χ2n) is 18.2. The van der Waals surface area contributed by atoms with Gasteiger partial charge in [0.25, 0.3) is 6.47 Å². The molecule has 2 atom stereocenters.